The van der Waals surface area contributed by atoms with Crippen molar-refractivity contribution in [2.24, 2.45) is 0 Å². The maximum absolute atomic E-state index is 14.7. The number of aryl methyl sites for hydroxylation is 2. The fourth-order valence-electron chi connectivity index (χ4n) is 5.60. The van der Waals surface area contributed by atoms with Gasteiger partial charge in [-0.3, -0.25) is 4.90 Å². The quantitative estimate of drug-likeness (QED) is 0.355. The number of halogens is 1. The number of rotatable bonds is 6. The van der Waals surface area contributed by atoms with E-state index >= 15 is 0 Å². The number of nitrogens with one attached hydrogen (secondary N) is 1. The van der Waals surface area contributed by atoms with Crippen molar-refractivity contribution in [3.8, 4) is 16.9 Å². The lowest BCUT2D eigenvalue weighted by molar-refractivity contribution is 0.000494. The van der Waals surface area contributed by atoms with Gasteiger partial charge in [-0.05, 0) is 69.9 Å². The van der Waals surface area contributed by atoms with Crippen LogP contribution in [0.3, 0.4) is 0 Å². The average Bonchev–Trinajstić information content (AvgIpc) is 3.49. The molecule has 2 N–H and O–H groups in total. The SMILES string of the molecule is CCc1cccc(CC)c1-n1nc2c(c1-c1ccc(F)c3[nH]ccc13)CN(CC(C)(C)O)C2(C)C. The molecule has 3 heterocycles. The van der Waals surface area contributed by atoms with Gasteiger partial charge in [0.15, 0.2) is 0 Å². The predicted octanol–water partition coefficient (Wildman–Crippen LogP) is 6.11. The number of para-hydroxylation sites is 1. The van der Waals surface area contributed by atoms with Crippen LogP contribution in [0, 0.1) is 5.82 Å². The molecular formula is C29H35FN4O. The molecule has 0 amide bonds. The molecule has 184 valence electrons. The van der Waals surface area contributed by atoms with E-state index in [4.69, 9.17) is 5.10 Å². The molecule has 0 atom stereocenters. The van der Waals surface area contributed by atoms with Gasteiger partial charge in [0.2, 0.25) is 0 Å². The molecule has 5 nitrogen and oxygen atoms in total. The van der Waals surface area contributed by atoms with Gasteiger partial charge in [-0.2, -0.15) is 5.10 Å². The normalized spacial score (nSPS) is 15.8. The summed E-state index contributed by atoms with van der Waals surface area (Å²) >= 11 is 0. The van der Waals surface area contributed by atoms with E-state index in [-0.39, 0.29) is 11.4 Å². The van der Waals surface area contributed by atoms with Crippen LogP contribution in [0.5, 0.6) is 0 Å². The van der Waals surface area contributed by atoms with Crippen LogP contribution in [-0.2, 0) is 24.9 Å². The molecule has 0 saturated heterocycles. The Hall–Kier alpha value is -2.96. The van der Waals surface area contributed by atoms with Crippen LogP contribution < -0.4 is 0 Å². The smallest absolute Gasteiger partial charge is 0.147 e. The van der Waals surface area contributed by atoms with Crippen LogP contribution in [-0.4, -0.2) is 36.9 Å². The second-order valence-corrected chi connectivity index (χ2v) is 10.8. The number of H-pyrrole nitrogens is 1. The molecule has 0 saturated carbocycles. The van der Waals surface area contributed by atoms with Crippen molar-refractivity contribution < 1.29 is 9.50 Å². The van der Waals surface area contributed by atoms with Crippen LogP contribution in [0.2, 0.25) is 0 Å². The van der Waals surface area contributed by atoms with Gasteiger partial charge in [-0.25, -0.2) is 9.07 Å². The van der Waals surface area contributed by atoms with Crippen molar-refractivity contribution in [1.29, 1.82) is 0 Å². The minimum atomic E-state index is -0.829. The van der Waals surface area contributed by atoms with E-state index in [2.05, 4.69) is 60.5 Å². The third-order valence-corrected chi connectivity index (χ3v) is 7.38. The number of aromatic nitrogens is 3. The zero-order valence-electron chi connectivity index (χ0n) is 21.5. The van der Waals surface area contributed by atoms with Crippen molar-refractivity contribution in [1.82, 2.24) is 19.7 Å². The Labute approximate surface area is 206 Å². The Morgan fingerprint density at radius 1 is 1.09 bits per heavy atom. The molecule has 5 rings (SSSR count). The predicted molar refractivity (Wildman–Crippen MR) is 139 cm³/mol. The number of aromatic amines is 1. The number of benzene rings is 2. The van der Waals surface area contributed by atoms with Gasteiger partial charge in [0.25, 0.3) is 0 Å². The first-order valence-corrected chi connectivity index (χ1v) is 12.5. The standard InChI is InChI=1S/C29H35FN4O/c1-7-18-10-9-11-19(8-2)25(18)34-26(21-12-13-23(30)24-20(21)14-15-31-24)22-16-33(17-28(3,4)35)29(5,6)27(22)32-34/h9-15,31,35H,7-8,16-17H2,1-6H3. The van der Waals surface area contributed by atoms with Crippen LogP contribution in [0.15, 0.2) is 42.6 Å². The Bertz CT molecular complexity index is 1380. The van der Waals surface area contributed by atoms with E-state index in [1.807, 2.05) is 26.0 Å². The first kappa shape index (κ1) is 23.8. The van der Waals surface area contributed by atoms with Crippen LogP contribution in [0.25, 0.3) is 27.8 Å². The summed E-state index contributed by atoms with van der Waals surface area (Å²) in [4.78, 5) is 5.36. The lowest BCUT2D eigenvalue weighted by Gasteiger charge is -2.35. The number of nitrogens with zero attached hydrogens (tertiary/aromatic N) is 3. The van der Waals surface area contributed by atoms with Gasteiger partial charge >= 0.3 is 0 Å². The number of β-amino-alcohol motifs (C(OH)–C–C–N with tert-alkyl or cyclic N) is 1. The van der Waals surface area contributed by atoms with Gasteiger partial charge in [0.05, 0.1) is 33.7 Å². The van der Waals surface area contributed by atoms with E-state index in [1.165, 1.54) is 11.1 Å². The molecule has 0 spiro atoms. The van der Waals surface area contributed by atoms with Gasteiger partial charge in [0, 0.05) is 35.8 Å². The zero-order valence-corrected chi connectivity index (χ0v) is 21.5. The van der Waals surface area contributed by atoms with Crippen molar-refractivity contribution in [3.05, 3.63) is 70.8 Å². The lowest BCUT2D eigenvalue weighted by Crippen LogP contribution is -2.44. The van der Waals surface area contributed by atoms with Crippen LogP contribution in [0.1, 0.15) is 63.9 Å². The van der Waals surface area contributed by atoms with Gasteiger partial charge in [-0.15, -0.1) is 0 Å². The molecule has 4 aromatic rings. The number of fused-ring (bicyclic) bond motifs is 2. The monoisotopic (exact) mass is 474 g/mol. The van der Waals surface area contributed by atoms with E-state index in [9.17, 15) is 9.50 Å². The highest BCUT2D eigenvalue weighted by atomic mass is 19.1. The molecule has 0 radical (unpaired) electrons. The third-order valence-electron chi connectivity index (χ3n) is 7.38. The third kappa shape index (κ3) is 3.80. The fraction of sp³-hybridized carbons (Fsp3) is 0.414. The molecule has 0 bridgehead atoms. The van der Waals surface area contributed by atoms with Crippen LogP contribution in [0.4, 0.5) is 4.39 Å². The second-order valence-electron chi connectivity index (χ2n) is 10.8. The Morgan fingerprint density at radius 2 is 1.77 bits per heavy atom. The summed E-state index contributed by atoms with van der Waals surface area (Å²) in [5.74, 6) is -0.261. The van der Waals surface area contributed by atoms with E-state index in [0.29, 0.717) is 18.6 Å². The lowest BCUT2D eigenvalue weighted by atomic mass is 9.96. The van der Waals surface area contributed by atoms with Crippen molar-refractivity contribution in [2.45, 2.75) is 72.1 Å². The molecule has 2 aromatic heterocycles. The highest BCUT2D eigenvalue weighted by Gasteiger charge is 2.44. The summed E-state index contributed by atoms with van der Waals surface area (Å²) in [5.41, 5.74) is 7.05. The van der Waals surface area contributed by atoms with Crippen molar-refractivity contribution in [3.63, 3.8) is 0 Å². The fourth-order valence-corrected chi connectivity index (χ4v) is 5.60. The first-order chi connectivity index (χ1) is 16.6. The zero-order chi connectivity index (χ0) is 25.1. The Kier molecular flexibility index (Phi) is 5.65. The van der Waals surface area contributed by atoms with Crippen molar-refractivity contribution >= 4 is 10.9 Å². The minimum Gasteiger partial charge on any atom is -0.389 e. The van der Waals surface area contributed by atoms with E-state index in [1.54, 1.807) is 12.3 Å². The molecule has 1 aliphatic heterocycles. The van der Waals surface area contributed by atoms with Gasteiger partial charge < -0.3 is 10.1 Å². The molecule has 0 unspecified atom stereocenters. The molecule has 6 heteroatoms. The maximum Gasteiger partial charge on any atom is 0.147 e. The number of hydrogen-bond acceptors (Lipinski definition) is 3. The maximum atomic E-state index is 14.7. The largest absolute Gasteiger partial charge is 0.389 e. The summed E-state index contributed by atoms with van der Waals surface area (Å²) in [7, 11) is 0. The molecular weight excluding hydrogens is 439 g/mol. The number of hydrogen-bond donors (Lipinski definition) is 2. The molecule has 35 heavy (non-hydrogen) atoms. The molecule has 1 aliphatic rings. The minimum absolute atomic E-state index is 0.261. The van der Waals surface area contributed by atoms with Gasteiger partial charge in [-0.1, -0.05) is 32.0 Å². The molecule has 2 aromatic carbocycles. The number of aliphatic hydroxyl groups is 1. The topological polar surface area (TPSA) is 57.1 Å². The molecule has 0 aliphatic carbocycles. The average molecular weight is 475 g/mol. The second kappa shape index (κ2) is 8.32. The van der Waals surface area contributed by atoms with E-state index in [0.717, 1.165) is 46.4 Å². The summed E-state index contributed by atoms with van der Waals surface area (Å²) in [5, 5.41) is 16.8. The van der Waals surface area contributed by atoms with Gasteiger partial charge in [0.1, 0.15) is 5.82 Å². The van der Waals surface area contributed by atoms with Crippen molar-refractivity contribution in [2.75, 3.05) is 6.54 Å². The highest BCUT2D eigenvalue weighted by Crippen LogP contribution is 2.46. The summed E-state index contributed by atoms with van der Waals surface area (Å²) in [6, 6.07) is 11.8. The van der Waals surface area contributed by atoms with Crippen LogP contribution >= 0.6 is 0 Å². The summed E-state index contributed by atoms with van der Waals surface area (Å²) in [6.45, 7) is 13.6. The Morgan fingerprint density at radius 3 is 2.40 bits per heavy atom. The molecule has 0 fully saturated rings. The highest BCUT2D eigenvalue weighted by molar-refractivity contribution is 5.96. The Balaban J connectivity index is 1.83. The summed E-state index contributed by atoms with van der Waals surface area (Å²) in [6.07, 6.45) is 3.58. The summed E-state index contributed by atoms with van der Waals surface area (Å²) < 4.78 is 16.8. The first-order valence-electron chi connectivity index (χ1n) is 12.5. The van der Waals surface area contributed by atoms with E-state index < -0.39 is 5.60 Å².